The largest absolute Gasteiger partial charge is 0.492 e. The molecule has 0 aliphatic heterocycles. The normalized spacial score (nSPS) is 10.2. The van der Waals surface area contributed by atoms with Crippen LogP contribution in [0.4, 0.5) is 0 Å². The molecule has 0 radical (unpaired) electrons. The Kier molecular flexibility index (Phi) is 9.84. The monoisotopic (exact) mass is 483 g/mol. The summed E-state index contributed by atoms with van der Waals surface area (Å²) >= 11 is 16.8. The van der Waals surface area contributed by atoms with Crippen molar-refractivity contribution in [1.82, 2.24) is 16.2 Å². The van der Waals surface area contributed by atoms with E-state index < -0.39 is 5.91 Å². The van der Waals surface area contributed by atoms with Gasteiger partial charge in [-0.1, -0.05) is 35.3 Å². The van der Waals surface area contributed by atoms with E-state index in [0.29, 0.717) is 34.6 Å². The third kappa shape index (κ3) is 9.00. The molecular formula is C21H23Cl2N3O4S. The number of amides is 2. The fraction of sp³-hybridized carbons (Fsp3) is 0.286. The molecule has 0 saturated carbocycles. The summed E-state index contributed by atoms with van der Waals surface area (Å²) in [5.74, 6) is 0.371. The third-order valence-electron chi connectivity index (χ3n) is 3.97. The maximum atomic E-state index is 11.9. The van der Waals surface area contributed by atoms with Crippen molar-refractivity contribution < 1.29 is 19.1 Å². The lowest BCUT2D eigenvalue weighted by Gasteiger charge is -2.12. The Morgan fingerprint density at radius 3 is 2.48 bits per heavy atom. The van der Waals surface area contributed by atoms with Gasteiger partial charge in [0.25, 0.3) is 5.91 Å². The average Bonchev–Trinajstić information content (AvgIpc) is 2.71. The molecule has 0 unspecified atom stereocenters. The second-order valence-electron chi connectivity index (χ2n) is 6.63. The molecule has 2 aromatic rings. The Morgan fingerprint density at radius 1 is 0.968 bits per heavy atom. The van der Waals surface area contributed by atoms with Gasteiger partial charge in [0.05, 0.1) is 11.6 Å². The lowest BCUT2D eigenvalue weighted by molar-refractivity contribution is -0.123. The number of rotatable bonds is 8. The molecule has 7 nitrogen and oxygen atoms in total. The molecule has 0 bridgehead atoms. The van der Waals surface area contributed by atoms with Crippen LogP contribution in [0.2, 0.25) is 10.0 Å². The minimum atomic E-state index is -0.444. The van der Waals surface area contributed by atoms with Crippen LogP contribution < -0.4 is 25.6 Å². The van der Waals surface area contributed by atoms with Gasteiger partial charge in [0.1, 0.15) is 11.5 Å². The first-order chi connectivity index (χ1) is 14.7. The molecule has 0 heterocycles. The van der Waals surface area contributed by atoms with Gasteiger partial charge in [-0.15, -0.1) is 0 Å². The molecule has 0 atom stereocenters. The zero-order chi connectivity index (χ0) is 22.8. The number of hydrogen-bond acceptors (Lipinski definition) is 5. The summed E-state index contributed by atoms with van der Waals surface area (Å²) in [5.41, 5.74) is 6.84. The Bertz CT molecular complexity index is 956. The molecule has 0 saturated heterocycles. The third-order valence-corrected chi connectivity index (χ3v) is 4.71. The number of nitrogens with one attached hydrogen (secondary N) is 3. The van der Waals surface area contributed by atoms with Crippen molar-refractivity contribution in [2.45, 2.75) is 26.7 Å². The average molecular weight is 484 g/mol. The predicted molar refractivity (Wildman–Crippen MR) is 125 cm³/mol. The fourth-order valence-corrected chi connectivity index (χ4v) is 3.02. The van der Waals surface area contributed by atoms with E-state index in [4.69, 9.17) is 44.9 Å². The van der Waals surface area contributed by atoms with E-state index >= 15 is 0 Å². The molecule has 0 spiro atoms. The highest BCUT2D eigenvalue weighted by atomic mass is 35.5. The predicted octanol–water partition coefficient (Wildman–Crippen LogP) is 3.87. The smallest absolute Gasteiger partial charge is 0.264 e. The molecule has 0 aromatic heterocycles. The molecule has 166 valence electrons. The first-order valence-electron chi connectivity index (χ1n) is 9.41. The van der Waals surface area contributed by atoms with Crippen LogP contribution in [-0.2, 0) is 9.59 Å². The molecule has 10 heteroatoms. The van der Waals surface area contributed by atoms with Gasteiger partial charge in [-0.25, -0.2) is 0 Å². The number of carbonyl (C=O) groups excluding carboxylic acids is 2. The highest BCUT2D eigenvalue weighted by Crippen LogP contribution is 2.27. The molecule has 2 amide bonds. The molecule has 31 heavy (non-hydrogen) atoms. The number of carbonyl (C=O) groups is 2. The molecule has 3 N–H and O–H groups in total. The fourth-order valence-electron chi connectivity index (χ4n) is 2.40. The van der Waals surface area contributed by atoms with Crippen LogP contribution in [-0.4, -0.2) is 30.1 Å². The number of thiocarbonyl (C=S) groups is 1. The Balaban J connectivity index is 1.61. The number of benzene rings is 2. The zero-order valence-corrected chi connectivity index (χ0v) is 19.4. The maximum absolute atomic E-state index is 11.9. The Morgan fingerprint density at radius 2 is 1.74 bits per heavy atom. The Labute approximate surface area is 196 Å². The molecule has 0 aliphatic carbocycles. The number of aryl methyl sites for hydroxylation is 2. The number of ether oxygens (including phenoxy) is 2. The van der Waals surface area contributed by atoms with Crippen molar-refractivity contribution in [3.8, 4) is 11.5 Å². The standard InChI is InChI=1S/C21H23Cl2N3O4S/c1-13-5-6-14(2)18(10-13)30-12-20(28)24-21(31)26-25-19(27)4-3-9-29-17-8-7-15(22)11-16(17)23/h5-8,10-11H,3-4,9,12H2,1-2H3,(H,25,27)(H2,24,26,28,31). The van der Waals surface area contributed by atoms with Gasteiger partial charge in [-0.2, -0.15) is 0 Å². The molecular weight excluding hydrogens is 461 g/mol. The van der Waals surface area contributed by atoms with Crippen LogP contribution >= 0.6 is 35.4 Å². The quantitative estimate of drug-likeness (QED) is 0.300. The minimum Gasteiger partial charge on any atom is -0.492 e. The van der Waals surface area contributed by atoms with E-state index in [-0.39, 0.29) is 24.0 Å². The van der Waals surface area contributed by atoms with Gasteiger partial charge >= 0.3 is 0 Å². The first-order valence-corrected chi connectivity index (χ1v) is 10.6. The van der Waals surface area contributed by atoms with E-state index in [2.05, 4.69) is 16.2 Å². The van der Waals surface area contributed by atoms with Crippen LogP contribution in [0.25, 0.3) is 0 Å². The van der Waals surface area contributed by atoms with Gasteiger partial charge in [0.2, 0.25) is 5.91 Å². The summed E-state index contributed by atoms with van der Waals surface area (Å²) < 4.78 is 11.0. The van der Waals surface area contributed by atoms with Crippen molar-refractivity contribution in [2.75, 3.05) is 13.2 Å². The van der Waals surface area contributed by atoms with Gasteiger partial charge in [-0.3, -0.25) is 25.8 Å². The maximum Gasteiger partial charge on any atom is 0.264 e. The number of hydrogen-bond donors (Lipinski definition) is 3. The highest BCUT2D eigenvalue weighted by Gasteiger charge is 2.09. The van der Waals surface area contributed by atoms with Crippen molar-refractivity contribution in [1.29, 1.82) is 0 Å². The summed E-state index contributed by atoms with van der Waals surface area (Å²) in [5, 5.41) is 3.32. The lowest BCUT2D eigenvalue weighted by atomic mass is 10.1. The summed E-state index contributed by atoms with van der Waals surface area (Å²) in [6, 6.07) is 10.6. The second-order valence-corrected chi connectivity index (χ2v) is 7.89. The van der Waals surface area contributed by atoms with E-state index in [9.17, 15) is 9.59 Å². The lowest BCUT2D eigenvalue weighted by Crippen LogP contribution is -2.49. The number of halogens is 2. The SMILES string of the molecule is Cc1ccc(C)c(OCC(=O)NC(=S)NNC(=O)CCCOc2ccc(Cl)cc2Cl)c1. The summed E-state index contributed by atoms with van der Waals surface area (Å²) in [4.78, 5) is 23.8. The van der Waals surface area contributed by atoms with Crippen molar-refractivity contribution >= 4 is 52.3 Å². The van der Waals surface area contributed by atoms with Crippen LogP contribution in [0.1, 0.15) is 24.0 Å². The molecule has 2 aromatic carbocycles. The van der Waals surface area contributed by atoms with E-state index in [1.807, 2.05) is 32.0 Å². The van der Waals surface area contributed by atoms with Crippen LogP contribution in [0.15, 0.2) is 36.4 Å². The van der Waals surface area contributed by atoms with E-state index in [0.717, 1.165) is 11.1 Å². The topological polar surface area (TPSA) is 88.7 Å². The van der Waals surface area contributed by atoms with Gasteiger partial charge in [0, 0.05) is 11.4 Å². The van der Waals surface area contributed by atoms with Crippen molar-refractivity contribution in [2.24, 2.45) is 0 Å². The summed E-state index contributed by atoms with van der Waals surface area (Å²) in [7, 11) is 0. The van der Waals surface area contributed by atoms with Gasteiger partial charge < -0.3 is 9.47 Å². The van der Waals surface area contributed by atoms with Crippen molar-refractivity contribution in [3.63, 3.8) is 0 Å². The van der Waals surface area contributed by atoms with Crippen molar-refractivity contribution in [3.05, 3.63) is 57.6 Å². The molecule has 0 fully saturated rings. The zero-order valence-electron chi connectivity index (χ0n) is 17.1. The van der Waals surface area contributed by atoms with Crippen LogP contribution in [0.3, 0.4) is 0 Å². The molecule has 2 rings (SSSR count). The van der Waals surface area contributed by atoms with E-state index in [1.165, 1.54) is 0 Å². The summed E-state index contributed by atoms with van der Waals surface area (Å²) in [6.45, 7) is 3.92. The number of hydrazine groups is 1. The van der Waals surface area contributed by atoms with Crippen LogP contribution in [0, 0.1) is 13.8 Å². The van der Waals surface area contributed by atoms with Gasteiger partial charge in [-0.05, 0) is 67.9 Å². The van der Waals surface area contributed by atoms with Crippen LogP contribution in [0.5, 0.6) is 11.5 Å². The van der Waals surface area contributed by atoms with E-state index in [1.54, 1.807) is 18.2 Å². The highest BCUT2D eigenvalue weighted by molar-refractivity contribution is 7.80. The summed E-state index contributed by atoms with van der Waals surface area (Å²) in [6.07, 6.45) is 0.639. The first kappa shape index (κ1) is 24.7. The molecule has 0 aliphatic rings. The minimum absolute atomic E-state index is 0.0351. The van der Waals surface area contributed by atoms with Gasteiger partial charge in [0.15, 0.2) is 11.7 Å². The Hall–Kier alpha value is -2.55. The second kappa shape index (κ2) is 12.3.